The highest BCUT2D eigenvalue weighted by atomic mass is 16.2. The second-order valence-electron chi connectivity index (χ2n) is 4.67. The lowest BCUT2D eigenvalue weighted by Gasteiger charge is -2.25. The summed E-state index contributed by atoms with van der Waals surface area (Å²) in [6, 6.07) is 0. The topological polar surface area (TPSA) is 75.4 Å². The molecular weight excluding hydrogens is 206 g/mol. The van der Waals surface area contributed by atoms with E-state index >= 15 is 0 Å². The van der Waals surface area contributed by atoms with Gasteiger partial charge in [0, 0.05) is 26.1 Å². The van der Waals surface area contributed by atoms with Gasteiger partial charge in [0.15, 0.2) is 0 Å². The van der Waals surface area contributed by atoms with Gasteiger partial charge < -0.3 is 16.0 Å². The lowest BCUT2D eigenvalue weighted by molar-refractivity contribution is -0.135. The molecule has 3 N–H and O–H groups in total. The van der Waals surface area contributed by atoms with E-state index in [1.165, 1.54) is 4.90 Å². The number of nitrogens with two attached hydrogens (primary N) is 1. The van der Waals surface area contributed by atoms with Crippen LogP contribution in [0.25, 0.3) is 0 Å². The molecule has 1 rings (SSSR count). The maximum absolute atomic E-state index is 11.8. The summed E-state index contributed by atoms with van der Waals surface area (Å²) >= 11 is 0. The molecular formula is C11H21N3O2. The van der Waals surface area contributed by atoms with Crippen molar-refractivity contribution in [2.45, 2.75) is 37.6 Å². The fourth-order valence-electron chi connectivity index (χ4n) is 2.07. The third-order valence-corrected chi connectivity index (χ3v) is 3.19. The predicted molar refractivity (Wildman–Crippen MR) is 61.7 cm³/mol. The highest BCUT2D eigenvalue weighted by molar-refractivity contribution is 5.84. The Bertz CT molecular complexity index is 272. The molecule has 0 radical (unpaired) electrons. The molecule has 1 fully saturated rings. The van der Waals surface area contributed by atoms with Crippen molar-refractivity contribution in [2.24, 2.45) is 5.73 Å². The number of amides is 2. The molecule has 0 saturated heterocycles. The van der Waals surface area contributed by atoms with Gasteiger partial charge in [-0.1, -0.05) is 12.8 Å². The molecule has 1 aliphatic carbocycles. The van der Waals surface area contributed by atoms with Crippen molar-refractivity contribution < 1.29 is 9.59 Å². The van der Waals surface area contributed by atoms with Crippen molar-refractivity contribution >= 4 is 11.8 Å². The minimum atomic E-state index is -0.339. The van der Waals surface area contributed by atoms with Crippen LogP contribution < -0.4 is 11.1 Å². The van der Waals surface area contributed by atoms with Gasteiger partial charge >= 0.3 is 0 Å². The van der Waals surface area contributed by atoms with E-state index in [1.807, 2.05) is 0 Å². The highest BCUT2D eigenvalue weighted by Gasteiger charge is 2.32. The molecule has 0 heterocycles. The normalized spacial score (nSPS) is 18.2. The van der Waals surface area contributed by atoms with Crippen molar-refractivity contribution in [3.05, 3.63) is 0 Å². The first kappa shape index (κ1) is 13.0. The second kappa shape index (κ2) is 5.30. The van der Waals surface area contributed by atoms with Gasteiger partial charge in [0.05, 0.1) is 6.54 Å². The maximum Gasteiger partial charge on any atom is 0.239 e. The van der Waals surface area contributed by atoms with Gasteiger partial charge in [-0.15, -0.1) is 0 Å². The first-order valence-corrected chi connectivity index (χ1v) is 5.70. The van der Waals surface area contributed by atoms with Crippen molar-refractivity contribution in [2.75, 3.05) is 20.6 Å². The van der Waals surface area contributed by atoms with Crippen LogP contribution in [0.15, 0.2) is 0 Å². The molecule has 0 bridgehead atoms. The Morgan fingerprint density at radius 1 is 1.38 bits per heavy atom. The van der Waals surface area contributed by atoms with E-state index in [1.54, 1.807) is 14.1 Å². The van der Waals surface area contributed by atoms with Gasteiger partial charge in [0.2, 0.25) is 11.8 Å². The Balaban J connectivity index is 2.42. The average Bonchev–Trinajstić information content (AvgIpc) is 2.64. The van der Waals surface area contributed by atoms with Crippen molar-refractivity contribution in [3.8, 4) is 0 Å². The van der Waals surface area contributed by atoms with E-state index in [0.29, 0.717) is 6.42 Å². The van der Waals surface area contributed by atoms with Crippen molar-refractivity contribution in [1.82, 2.24) is 10.2 Å². The Kier molecular flexibility index (Phi) is 4.29. The van der Waals surface area contributed by atoms with Gasteiger partial charge in [0.25, 0.3) is 0 Å². The zero-order valence-corrected chi connectivity index (χ0v) is 10.1. The van der Waals surface area contributed by atoms with Crippen molar-refractivity contribution in [3.63, 3.8) is 0 Å². The maximum atomic E-state index is 11.8. The molecule has 2 amide bonds. The minimum absolute atomic E-state index is 0.0481. The Hall–Kier alpha value is -1.10. The van der Waals surface area contributed by atoms with E-state index in [0.717, 1.165) is 25.7 Å². The summed E-state index contributed by atoms with van der Waals surface area (Å²) < 4.78 is 0. The third kappa shape index (κ3) is 3.48. The second-order valence-corrected chi connectivity index (χ2v) is 4.67. The fraction of sp³-hybridized carbons (Fsp3) is 0.818. The van der Waals surface area contributed by atoms with Gasteiger partial charge in [-0.3, -0.25) is 9.59 Å². The Morgan fingerprint density at radius 2 is 1.94 bits per heavy atom. The number of nitrogens with zero attached hydrogens (tertiary/aromatic N) is 1. The first-order valence-electron chi connectivity index (χ1n) is 5.70. The molecule has 0 aromatic heterocycles. The van der Waals surface area contributed by atoms with Crippen LogP contribution in [0.1, 0.15) is 32.1 Å². The van der Waals surface area contributed by atoms with E-state index in [2.05, 4.69) is 5.32 Å². The Morgan fingerprint density at radius 3 is 2.44 bits per heavy atom. The van der Waals surface area contributed by atoms with Gasteiger partial charge in [-0.2, -0.15) is 0 Å². The summed E-state index contributed by atoms with van der Waals surface area (Å²) in [6.07, 6.45) is 4.37. The summed E-state index contributed by atoms with van der Waals surface area (Å²) in [4.78, 5) is 24.4. The van der Waals surface area contributed by atoms with Gasteiger partial charge in [-0.25, -0.2) is 0 Å². The monoisotopic (exact) mass is 227 g/mol. The lowest BCUT2D eigenvalue weighted by Crippen LogP contribution is -2.44. The van der Waals surface area contributed by atoms with Crippen LogP contribution in [0.4, 0.5) is 0 Å². The number of carbonyl (C=O) groups excluding carboxylic acids is 2. The molecule has 1 aliphatic rings. The number of hydrogen-bond donors (Lipinski definition) is 2. The molecule has 0 aliphatic heterocycles. The van der Waals surface area contributed by atoms with Gasteiger partial charge in [0.1, 0.15) is 0 Å². The molecule has 1 saturated carbocycles. The number of hydrogen-bond acceptors (Lipinski definition) is 3. The summed E-state index contributed by atoms with van der Waals surface area (Å²) in [6.45, 7) is 0.103. The van der Waals surface area contributed by atoms with Crippen LogP contribution in [0.3, 0.4) is 0 Å². The molecule has 16 heavy (non-hydrogen) atoms. The number of nitrogens with one attached hydrogen (secondary N) is 1. The van der Waals surface area contributed by atoms with E-state index < -0.39 is 0 Å². The number of rotatable bonds is 4. The molecule has 92 valence electrons. The van der Waals surface area contributed by atoms with Crippen LogP contribution in [0, 0.1) is 0 Å². The van der Waals surface area contributed by atoms with Crippen LogP contribution >= 0.6 is 0 Å². The summed E-state index contributed by atoms with van der Waals surface area (Å²) in [5, 5.41) is 2.49. The minimum Gasteiger partial charge on any atom is -0.358 e. The first-order chi connectivity index (χ1) is 7.47. The van der Waals surface area contributed by atoms with Crippen LogP contribution in [-0.4, -0.2) is 42.9 Å². The highest BCUT2D eigenvalue weighted by Crippen LogP contribution is 2.30. The standard InChI is InChI=1S/C11H21N3O2/c1-13-9(15)8-14(2)10(16)7-11(12)5-3-4-6-11/h3-8,12H2,1-2H3,(H,13,15). The quantitative estimate of drug-likeness (QED) is 0.701. The van der Waals surface area contributed by atoms with E-state index in [9.17, 15) is 9.59 Å². The summed E-state index contributed by atoms with van der Waals surface area (Å²) in [5.74, 6) is -0.207. The van der Waals surface area contributed by atoms with Crippen LogP contribution in [0.5, 0.6) is 0 Å². The molecule has 5 nitrogen and oxygen atoms in total. The molecule has 0 spiro atoms. The largest absolute Gasteiger partial charge is 0.358 e. The molecule has 0 unspecified atom stereocenters. The predicted octanol–water partition coefficient (Wildman–Crippen LogP) is -0.148. The average molecular weight is 227 g/mol. The molecule has 0 aromatic rings. The molecule has 0 atom stereocenters. The third-order valence-electron chi connectivity index (χ3n) is 3.19. The van der Waals surface area contributed by atoms with E-state index in [4.69, 9.17) is 5.73 Å². The molecule has 0 aromatic carbocycles. The zero-order valence-electron chi connectivity index (χ0n) is 10.1. The van der Waals surface area contributed by atoms with E-state index in [-0.39, 0.29) is 23.9 Å². The zero-order chi connectivity index (χ0) is 12.2. The number of carbonyl (C=O) groups is 2. The lowest BCUT2D eigenvalue weighted by atomic mass is 9.94. The SMILES string of the molecule is CNC(=O)CN(C)C(=O)CC1(N)CCCC1. The summed E-state index contributed by atoms with van der Waals surface area (Å²) in [5.41, 5.74) is 5.77. The van der Waals surface area contributed by atoms with Crippen LogP contribution in [0.2, 0.25) is 0 Å². The Labute approximate surface area is 96.4 Å². The van der Waals surface area contributed by atoms with Crippen molar-refractivity contribution in [1.29, 1.82) is 0 Å². The van der Waals surface area contributed by atoms with Crippen LogP contribution in [-0.2, 0) is 9.59 Å². The molecule has 5 heteroatoms. The fourth-order valence-corrected chi connectivity index (χ4v) is 2.07. The number of likely N-dealkylation sites (N-methyl/N-ethyl adjacent to an activating group) is 2. The van der Waals surface area contributed by atoms with Gasteiger partial charge in [-0.05, 0) is 12.8 Å². The summed E-state index contributed by atoms with van der Waals surface area (Å²) in [7, 11) is 3.19. The smallest absolute Gasteiger partial charge is 0.239 e.